The van der Waals surface area contributed by atoms with E-state index in [1.165, 1.54) is 0 Å². The zero-order valence-electron chi connectivity index (χ0n) is 31.1. The number of nitrogens with zero attached hydrogens (tertiary/aromatic N) is 6. The Morgan fingerprint density at radius 1 is 0.830 bits per heavy atom. The maximum Gasteiger partial charge on any atom is 0.410 e. The van der Waals surface area contributed by atoms with Crippen LogP contribution in [0.2, 0.25) is 0 Å². The molecule has 0 N–H and O–H groups in total. The number of hydrogen-bond acceptors (Lipinski definition) is 8. The molecule has 7 rings (SSSR count). The van der Waals surface area contributed by atoms with Crippen LogP contribution >= 0.6 is 0 Å². The molecule has 2 aliphatic heterocycles. The fourth-order valence-electron chi connectivity index (χ4n) is 7.12. The molecule has 0 radical (unpaired) electrons. The predicted octanol–water partition coefficient (Wildman–Crippen LogP) is 7.70. The Hall–Kier alpha value is -5.16. The number of hydrogen-bond donors (Lipinski definition) is 0. The van der Waals surface area contributed by atoms with Crippen molar-refractivity contribution in [3.05, 3.63) is 102 Å². The van der Waals surface area contributed by atoms with Crippen LogP contribution in [0, 0.1) is 11.7 Å². The Bertz CT molecular complexity index is 2000. The van der Waals surface area contributed by atoms with Crippen molar-refractivity contribution in [1.82, 2.24) is 24.6 Å². The van der Waals surface area contributed by atoms with Gasteiger partial charge in [0, 0.05) is 64.3 Å². The highest BCUT2D eigenvalue weighted by Crippen LogP contribution is 2.38. The number of aryl methyl sites for hydroxylation is 1. The van der Waals surface area contributed by atoms with Crippen molar-refractivity contribution in [2.45, 2.75) is 52.4 Å². The van der Waals surface area contributed by atoms with E-state index in [0.29, 0.717) is 66.3 Å². The number of halogens is 1. The van der Waals surface area contributed by atoms with Gasteiger partial charge < -0.3 is 24.0 Å². The topological polar surface area (TPSA) is 85.2 Å². The van der Waals surface area contributed by atoms with Gasteiger partial charge in [0.2, 0.25) is 11.8 Å². The number of ether oxygens (including phenoxy) is 3. The Labute approximate surface area is 311 Å². The number of pyridine rings is 1. The molecule has 2 aromatic heterocycles. The number of piperazine rings is 1. The van der Waals surface area contributed by atoms with Crippen LogP contribution in [-0.2, 0) is 25.0 Å². The molecule has 2 fully saturated rings. The second-order valence-electron chi connectivity index (χ2n) is 15.0. The van der Waals surface area contributed by atoms with Crippen LogP contribution in [0.1, 0.15) is 44.7 Å². The van der Waals surface area contributed by atoms with Crippen LogP contribution in [0.25, 0.3) is 22.2 Å². The molecular formula is C42H49FN6O4. The van der Waals surface area contributed by atoms with Crippen molar-refractivity contribution in [3.8, 4) is 23.0 Å². The quantitative estimate of drug-likeness (QED) is 0.145. The fraction of sp³-hybridized carbons (Fsp3) is 0.405. The van der Waals surface area contributed by atoms with Crippen LogP contribution in [-0.4, -0.2) is 82.1 Å². The molecule has 2 aliphatic rings. The molecule has 1 amide bonds. The summed E-state index contributed by atoms with van der Waals surface area (Å²) in [6.07, 6.45) is 1.72. The van der Waals surface area contributed by atoms with Gasteiger partial charge in [-0.1, -0.05) is 60.7 Å². The third kappa shape index (κ3) is 8.90. The summed E-state index contributed by atoms with van der Waals surface area (Å²) in [4.78, 5) is 23.6. The first-order valence-corrected chi connectivity index (χ1v) is 18.6. The van der Waals surface area contributed by atoms with Crippen LogP contribution in [0.15, 0.2) is 84.9 Å². The summed E-state index contributed by atoms with van der Waals surface area (Å²) in [6.45, 7) is 11.9. The zero-order valence-corrected chi connectivity index (χ0v) is 31.1. The van der Waals surface area contributed by atoms with E-state index in [4.69, 9.17) is 24.3 Å². The molecule has 4 heterocycles. The second kappa shape index (κ2) is 15.8. The van der Waals surface area contributed by atoms with Crippen LogP contribution in [0.4, 0.5) is 14.9 Å². The molecule has 2 saturated heterocycles. The highest BCUT2D eigenvalue weighted by Gasteiger charge is 2.29. The molecule has 53 heavy (non-hydrogen) atoms. The third-order valence-corrected chi connectivity index (χ3v) is 9.95. The number of carbonyl (C=O) groups excluding carboxylic acids is 1. The summed E-state index contributed by atoms with van der Waals surface area (Å²) in [7, 11) is 1.89. The number of aromatic nitrogens is 3. The Morgan fingerprint density at radius 3 is 2.11 bits per heavy atom. The van der Waals surface area contributed by atoms with E-state index in [9.17, 15) is 4.79 Å². The van der Waals surface area contributed by atoms with Crippen molar-refractivity contribution in [3.63, 3.8) is 0 Å². The van der Waals surface area contributed by atoms with Crippen LogP contribution in [0.5, 0.6) is 11.8 Å². The molecular weight excluding hydrogens is 671 g/mol. The van der Waals surface area contributed by atoms with E-state index in [1.54, 1.807) is 15.6 Å². The van der Waals surface area contributed by atoms with E-state index in [0.717, 1.165) is 62.2 Å². The van der Waals surface area contributed by atoms with Gasteiger partial charge >= 0.3 is 6.09 Å². The lowest BCUT2D eigenvalue weighted by Gasteiger charge is -2.39. The molecule has 11 heteroatoms. The molecule has 0 unspecified atom stereocenters. The highest BCUT2D eigenvalue weighted by molar-refractivity contribution is 5.96. The standard InChI is InChI=1S/C42H49FN6O4/c1-42(2,3)53-41(50)49-23-21-47(22-24-49)27-30-17-19-48(20-18-30)37-26-36-34(25-35(37)43)39(45-46(36)4)33-15-16-38(51-28-31-11-7-5-8-12-31)44-40(33)52-29-32-13-9-6-10-14-32/h5-16,25-26,30H,17-24,27-29H2,1-4H3. The largest absolute Gasteiger partial charge is 0.473 e. The van der Waals surface area contributed by atoms with Gasteiger partial charge in [-0.05, 0) is 68.9 Å². The summed E-state index contributed by atoms with van der Waals surface area (Å²) in [5.74, 6) is 1.06. The first kappa shape index (κ1) is 36.2. The molecule has 3 aromatic carbocycles. The summed E-state index contributed by atoms with van der Waals surface area (Å²) < 4.78 is 35.8. The van der Waals surface area contributed by atoms with Crippen LogP contribution < -0.4 is 14.4 Å². The van der Waals surface area contributed by atoms with Gasteiger partial charge in [-0.25, -0.2) is 9.18 Å². The molecule has 0 saturated carbocycles. The van der Waals surface area contributed by atoms with Crippen molar-refractivity contribution in [1.29, 1.82) is 0 Å². The summed E-state index contributed by atoms with van der Waals surface area (Å²) in [5, 5.41) is 5.56. The van der Waals surface area contributed by atoms with Gasteiger partial charge in [0.05, 0.1) is 16.8 Å². The Kier molecular flexibility index (Phi) is 10.8. The molecule has 10 nitrogen and oxygen atoms in total. The number of piperidine rings is 1. The lowest BCUT2D eigenvalue weighted by Crippen LogP contribution is -2.51. The van der Waals surface area contributed by atoms with Gasteiger partial charge in [0.1, 0.15) is 30.3 Å². The predicted molar refractivity (Wildman–Crippen MR) is 205 cm³/mol. The minimum atomic E-state index is -0.491. The van der Waals surface area contributed by atoms with E-state index < -0.39 is 5.60 Å². The molecule has 0 atom stereocenters. The van der Waals surface area contributed by atoms with Gasteiger partial charge in [-0.2, -0.15) is 10.1 Å². The minimum Gasteiger partial charge on any atom is -0.473 e. The Balaban J connectivity index is 1.04. The van der Waals surface area contributed by atoms with Crippen molar-refractivity contribution >= 4 is 22.7 Å². The minimum absolute atomic E-state index is 0.236. The molecule has 278 valence electrons. The SMILES string of the molecule is Cn1nc(-c2ccc(OCc3ccccc3)nc2OCc2ccccc2)c2cc(F)c(N3CCC(CN4CCN(C(=O)OC(C)(C)C)CC4)CC3)cc21. The third-order valence-electron chi connectivity index (χ3n) is 9.95. The van der Waals surface area contributed by atoms with Crippen molar-refractivity contribution in [2.24, 2.45) is 13.0 Å². The van der Waals surface area contributed by atoms with Crippen molar-refractivity contribution in [2.75, 3.05) is 50.7 Å². The second-order valence-corrected chi connectivity index (χ2v) is 15.0. The number of carbonyl (C=O) groups is 1. The van der Waals surface area contributed by atoms with E-state index in [1.807, 2.05) is 107 Å². The van der Waals surface area contributed by atoms with E-state index in [2.05, 4.69) is 9.80 Å². The van der Waals surface area contributed by atoms with Gasteiger partial charge in [-0.3, -0.25) is 9.58 Å². The van der Waals surface area contributed by atoms with Gasteiger partial charge in [0.25, 0.3) is 0 Å². The normalized spacial score (nSPS) is 15.9. The molecule has 5 aromatic rings. The zero-order chi connectivity index (χ0) is 37.0. The van der Waals surface area contributed by atoms with Crippen molar-refractivity contribution < 1.29 is 23.4 Å². The summed E-state index contributed by atoms with van der Waals surface area (Å²) >= 11 is 0. The lowest BCUT2D eigenvalue weighted by atomic mass is 9.95. The molecule has 0 aliphatic carbocycles. The molecule has 0 spiro atoms. The highest BCUT2D eigenvalue weighted by atomic mass is 19.1. The summed E-state index contributed by atoms with van der Waals surface area (Å²) in [5.41, 5.74) is 4.24. The number of benzene rings is 3. The van der Waals surface area contributed by atoms with E-state index in [-0.39, 0.29) is 11.9 Å². The number of fused-ring (bicyclic) bond motifs is 1. The first-order valence-electron chi connectivity index (χ1n) is 18.6. The maximum atomic E-state index is 16.1. The fourth-order valence-corrected chi connectivity index (χ4v) is 7.12. The summed E-state index contributed by atoms with van der Waals surface area (Å²) in [6, 6.07) is 27.1. The maximum absolute atomic E-state index is 16.1. The average molecular weight is 721 g/mol. The lowest BCUT2D eigenvalue weighted by molar-refractivity contribution is 0.0130. The molecule has 0 bridgehead atoms. The Morgan fingerprint density at radius 2 is 1.47 bits per heavy atom. The van der Waals surface area contributed by atoms with Crippen LogP contribution in [0.3, 0.4) is 0 Å². The number of rotatable bonds is 10. The van der Waals surface area contributed by atoms with Gasteiger partial charge in [0.15, 0.2) is 0 Å². The first-order chi connectivity index (χ1) is 25.6. The number of anilines is 1. The number of amides is 1. The van der Waals surface area contributed by atoms with E-state index >= 15 is 4.39 Å². The average Bonchev–Trinajstić information content (AvgIpc) is 3.47. The monoisotopic (exact) mass is 720 g/mol. The smallest absolute Gasteiger partial charge is 0.410 e. The van der Waals surface area contributed by atoms with Gasteiger partial charge in [-0.15, -0.1) is 0 Å².